The summed E-state index contributed by atoms with van der Waals surface area (Å²) in [4.78, 5) is 40.6. The predicted molar refractivity (Wildman–Crippen MR) is 168 cm³/mol. The molecule has 1 heterocycles. The zero-order valence-electron chi connectivity index (χ0n) is 25.9. The fraction of sp³-hybridized carbons (Fsp3) is 0.364. The van der Waals surface area contributed by atoms with Crippen molar-refractivity contribution in [1.29, 1.82) is 0 Å². The Morgan fingerprint density at radius 1 is 0.913 bits per heavy atom. The number of hydrogen-bond acceptors (Lipinski definition) is 10. The third kappa shape index (κ3) is 9.33. The molecule has 0 fully saturated rings. The van der Waals surface area contributed by atoms with E-state index in [9.17, 15) is 29.7 Å². The number of primary amides is 1. The summed E-state index contributed by atoms with van der Waals surface area (Å²) in [5, 5.41) is 32.2. The first-order valence-corrected chi connectivity index (χ1v) is 14.8. The first-order valence-electron chi connectivity index (χ1n) is 14.8. The van der Waals surface area contributed by atoms with Crippen molar-refractivity contribution in [3.63, 3.8) is 0 Å². The molecule has 0 aromatic heterocycles. The Balaban J connectivity index is 1.36. The Labute approximate surface area is 267 Å². The van der Waals surface area contributed by atoms with Crippen LogP contribution < -0.4 is 25.3 Å². The first kappa shape index (κ1) is 34.0. The molecule has 4 rings (SSSR count). The Kier molecular flexibility index (Phi) is 11.8. The van der Waals surface area contributed by atoms with Gasteiger partial charge in [-0.2, -0.15) is 0 Å². The molecule has 3 amide bonds. The summed E-state index contributed by atoms with van der Waals surface area (Å²) in [5.41, 5.74) is 8.76. The number of rotatable bonds is 16. The van der Waals surface area contributed by atoms with E-state index in [1.54, 1.807) is 42.5 Å². The van der Waals surface area contributed by atoms with Crippen molar-refractivity contribution in [2.24, 2.45) is 5.73 Å². The minimum atomic E-state index is -0.716. The number of nitrogens with two attached hydrogens (primary N) is 1. The van der Waals surface area contributed by atoms with Crippen LogP contribution in [0.5, 0.6) is 28.7 Å². The molecular formula is C33H40N4O9. The number of amides is 3. The molecule has 1 atom stereocenters. The number of phenolic OH excluding ortho intramolecular Hbond substituents is 1. The van der Waals surface area contributed by atoms with E-state index in [2.05, 4.69) is 5.32 Å². The summed E-state index contributed by atoms with van der Waals surface area (Å²) in [5.74, 6) is 0.803. The number of hydrogen-bond donors (Lipinski definition) is 5. The van der Waals surface area contributed by atoms with E-state index in [0.29, 0.717) is 35.0 Å². The van der Waals surface area contributed by atoms with Gasteiger partial charge in [0.25, 0.3) is 0 Å². The van der Waals surface area contributed by atoms with Gasteiger partial charge in [-0.05, 0) is 78.9 Å². The lowest BCUT2D eigenvalue weighted by atomic mass is 10.00. The normalized spacial score (nSPS) is 12.4. The third-order valence-corrected chi connectivity index (χ3v) is 7.38. The van der Waals surface area contributed by atoms with E-state index in [1.165, 1.54) is 9.80 Å². The van der Waals surface area contributed by atoms with Crippen LogP contribution >= 0.6 is 0 Å². The van der Waals surface area contributed by atoms with Crippen molar-refractivity contribution in [2.45, 2.75) is 32.9 Å². The predicted octanol–water partition coefficient (Wildman–Crippen LogP) is 1.36. The van der Waals surface area contributed by atoms with Gasteiger partial charge in [-0.3, -0.25) is 14.4 Å². The smallest absolute Gasteiger partial charge is 0.242 e. The molecule has 0 unspecified atom stereocenters. The molecule has 0 spiro atoms. The molecule has 13 nitrogen and oxygen atoms in total. The van der Waals surface area contributed by atoms with Gasteiger partial charge in [-0.25, -0.2) is 0 Å². The summed E-state index contributed by atoms with van der Waals surface area (Å²) >= 11 is 0. The maximum Gasteiger partial charge on any atom is 0.242 e. The fourth-order valence-corrected chi connectivity index (χ4v) is 5.14. The molecule has 46 heavy (non-hydrogen) atoms. The number of phenols is 1. The fourth-order valence-electron chi connectivity index (χ4n) is 5.14. The number of carbonyl (C=O) groups is 3. The molecule has 0 saturated heterocycles. The molecular weight excluding hydrogens is 596 g/mol. The van der Waals surface area contributed by atoms with Crippen LogP contribution in [0.4, 0.5) is 0 Å². The number of carbonyl (C=O) groups excluding carboxylic acids is 3. The van der Waals surface area contributed by atoms with Crippen molar-refractivity contribution in [3.05, 3.63) is 76.9 Å². The molecule has 13 heteroatoms. The van der Waals surface area contributed by atoms with E-state index < -0.39 is 23.8 Å². The van der Waals surface area contributed by atoms with Crippen molar-refractivity contribution in [3.8, 4) is 28.7 Å². The van der Waals surface area contributed by atoms with Gasteiger partial charge in [0.05, 0.1) is 32.8 Å². The highest BCUT2D eigenvalue weighted by Gasteiger charge is 2.24. The highest BCUT2D eigenvalue weighted by atomic mass is 16.7. The summed E-state index contributed by atoms with van der Waals surface area (Å²) in [6, 6.07) is 15.0. The monoisotopic (exact) mass is 636 g/mol. The second-order valence-corrected chi connectivity index (χ2v) is 11.1. The number of nitrogens with zero attached hydrogens (tertiary/aromatic N) is 2. The van der Waals surface area contributed by atoms with Crippen LogP contribution in [0, 0.1) is 13.8 Å². The van der Waals surface area contributed by atoms with E-state index in [4.69, 9.17) is 19.9 Å². The Morgan fingerprint density at radius 2 is 1.61 bits per heavy atom. The largest absolute Gasteiger partial charge is 0.508 e. The van der Waals surface area contributed by atoms with Crippen molar-refractivity contribution < 1.29 is 43.9 Å². The SMILES string of the molecule is Cc1cc(C[C@@H](CO)NCC(=O)N(CCO)CC(=O)N(CC(N)=O)Cc2ccc3c(c2)OCO3)cc(C)c1Oc1ccc(O)cc1. The minimum absolute atomic E-state index is 0.0437. The van der Waals surface area contributed by atoms with Crippen LogP contribution in [-0.4, -0.2) is 95.1 Å². The lowest BCUT2D eigenvalue weighted by molar-refractivity contribution is -0.142. The first-order chi connectivity index (χ1) is 22.1. The van der Waals surface area contributed by atoms with E-state index in [1.807, 2.05) is 26.0 Å². The molecule has 0 aliphatic carbocycles. The van der Waals surface area contributed by atoms with Gasteiger partial charge in [-0.15, -0.1) is 0 Å². The van der Waals surface area contributed by atoms with E-state index >= 15 is 0 Å². The number of aryl methyl sites for hydroxylation is 2. The van der Waals surface area contributed by atoms with Crippen LogP contribution in [-0.2, 0) is 27.3 Å². The third-order valence-electron chi connectivity index (χ3n) is 7.38. The second kappa shape index (κ2) is 15.9. The highest BCUT2D eigenvalue weighted by molar-refractivity contribution is 5.88. The number of benzene rings is 3. The van der Waals surface area contributed by atoms with Gasteiger partial charge in [-0.1, -0.05) is 18.2 Å². The molecule has 1 aliphatic heterocycles. The van der Waals surface area contributed by atoms with Crippen LogP contribution in [0.2, 0.25) is 0 Å². The Hall–Kier alpha value is -4.85. The Morgan fingerprint density at radius 3 is 2.26 bits per heavy atom. The van der Waals surface area contributed by atoms with Gasteiger partial charge in [0, 0.05) is 19.1 Å². The van der Waals surface area contributed by atoms with Gasteiger partial charge in [0.1, 0.15) is 17.2 Å². The Bertz CT molecular complexity index is 1510. The second-order valence-electron chi connectivity index (χ2n) is 11.1. The maximum absolute atomic E-state index is 13.3. The van der Waals surface area contributed by atoms with Crippen LogP contribution in [0.1, 0.15) is 22.3 Å². The lowest BCUT2D eigenvalue weighted by Gasteiger charge is -2.27. The highest BCUT2D eigenvalue weighted by Crippen LogP contribution is 2.33. The van der Waals surface area contributed by atoms with Crippen LogP contribution in [0.25, 0.3) is 0 Å². The topological polar surface area (TPSA) is 184 Å². The number of fused-ring (bicyclic) bond motifs is 1. The molecule has 0 saturated carbocycles. The summed E-state index contributed by atoms with van der Waals surface area (Å²) in [7, 11) is 0. The quantitative estimate of drug-likeness (QED) is 0.154. The van der Waals surface area contributed by atoms with Crippen LogP contribution in [0.15, 0.2) is 54.6 Å². The average molecular weight is 637 g/mol. The van der Waals surface area contributed by atoms with Crippen molar-refractivity contribution in [2.75, 3.05) is 46.2 Å². The summed E-state index contributed by atoms with van der Waals surface area (Å²) in [6.07, 6.45) is 0.409. The van der Waals surface area contributed by atoms with Gasteiger partial charge < -0.3 is 50.4 Å². The zero-order valence-corrected chi connectivity index (χ0v) is 25.9. The number of aliphatic hydroxyl groups excluding tert-OH is 2. The molecule has 3 aromatic carbocycles. The molecule has 0 bridgehead atoms. The van der Waals surface area contributed by atoms with E-state index in [-0.39, 0.29) is 58.5 Å². The number of aliphatic hydroxyl groups is 2. The maximum atomic E-state index is 13.3. The molecule has 6 N–H and O–H groups in total. The number of ether oxygens (including phenoxy) is 3. The molecule has 246 valence electrons. The summed E-state index contributed by atoms with van der Waals surface area (Å²) < 4.78 is 16.7. The average Bonchev–Trinajstić information content (AvgIpc) is 3.49. The number of nitrogens with one attached hydrogen (secondary N) is 1. The standard InChI is InChI=1S/C33H40N4O9/c1-21-11-24(12-22(2)33(21)46-27-6-4-26(40)5-7-27)13-25(19-39)35-15-31(42)36(9-10-38)18-32(43)37(17-30(34)41)16-23-3-8-28-29(14-23)45-20-44-28/h3-8,11-12,14,25,35,38-40H,9-10,13,15-20H2,1-2H3,(H2,34,41)/t25-/m0/s1. The number of aromatic hydroxyl groups is 1. The molecule has 1 aliphatic rings. The molecule has 0 radical (unpaired) electrons. The van der Waals surface area contributed by atoms with Crippen molar-refractivity contribution in [1.82, 2.24) is 15.1 Å². The zero-order chi connectivity index (χ0) is 33.2. The van der Waals surface area contributed by atoms with Gasteiger partial charge in [0.15, 0.2) is 11.5 Å². The van der Waals surface area contributed by atoms with Crippen LogP contribution in [0.3, 0.4) is 0 Å². The lowest BCUT2D eigenvalue weighted by Crippen LogP contribution is -2.49. The summed E-state index contributed by atoms with van der Waals surface area (Å²) in [6.45, 7) is 2.28. The molecule has 3 aromatic rings. The minimum Gasteiger partial charge on any atom is -0.508 e. The van der Waals surface area contributed by atoms with E-state index in [0.717, 1.165) is 16.7 Å². The van der Waals surface area contributed by atoms with Gasteiger partial charge in [0.2, 0.25) is 24.5 Å². The van der Waals surface area contributed by atoms with Gasteiger partial charge >= 0.3 is 0 Å². The van der Waals surface area contributed by atoms with Crippen molar-refractivity contribution >= 4 is 17.7 Å².